The number of amides is 1. The first kappa shape index (κ1) is 20.8. The average Bonchev–Trinajstić information content (AvgIpc) is 3.18. The van der Waals surface area contributed by atoms with E-state index in [9.17, 15) is 14.0 Å². The number of aromatic nitrogens is 2. The minimum Gasteiger partial charge on any atom is -0.274 e. The first-order valence-corrected chi connectivity index (χ1v) is 11.4. The molecule has 0 bridgehead atoms. The maximum Gasteiger partial charge on any atom is 0.248 e. The quantitative estimate of drug-likeness (QED) is 0.660. The van der Waals surface area contributed by atoms with Crippen LogP contribution in [-0.2, 0) is 4.79 Å². The molecule has 2 aliphatic rings. The van der Waals surface area contributed by atoms with Crippen LogP contribution in [0.5, 0.6) is 0 Å². The molecule has 2 heterocycles. The van der Waals surface area contributed by atoms with Crippen LogP contribution in [0.3, 0.4) is 0 Å². The predicted octanol–water partition coefficient (Wildman–Crippen LogP) is 5.33. The van der Waals surface area contributed by atoms with Gasteiger partial charge in [-0.2, -0.15) is 10.1 Å². The number of benzene rings is 1. The smallest absolute Gasteiger partial charge is 0.248 e. The molecule has 1 aliphatic carbocycles. The first-order chi connectivity index (χ1) is 14.5. The second kappa shape index (κ2) is 8.71. The van der Waals surface area contributed by atoms with E-state index >= 15 is 0 Å². The number of hydrazone groups is 1. The molecule has 158 valence electrons. The van der Waals surface area contributed by atoms with Crippen LogP contribution in [-0.4, -0.2) is 26.4 Å². The molecule has 1 amide bonds. The van der Waals surface area contributed by atoms with E-state index < -0.39 is 0 Å². The van der Waals surface area contributed by atoms with Crippen molar-refractivity contribution in [2.24, 2.45) is 5.10 Å². The van der Waals surface area contributed by atoms with Crippen LogP contribution >= 0.6 is 11.8 Å². The van der Waals surface area contributed by atoms with E-state index in [0.29, 0.717) is 27.9 Å². The van der Waals surface area contributed by atoms with E-state index in [-0.39, 0.29) is 30.0 Å². The number of hydrogen-bond acceptors (Lipinski definition) is 5. The Morgan fingerprint density at radius 2 is 1.73 bits per heavy atom. The lowest BCUT2D eigenvalue weighted by molar-refractivity contribution is -0.118. The Morgan fingerprint density at radius 1 is 1.07 bits per heavy atom. The van der Waals surface area contributed by atoms with Gasteiger partial charge >= 0.3 is 0 Å². The third kappa shape index (κ3) is 3.80. The van der Waals surface area contributed by atoms with Gasteiger partial charge in [0.15, 0.2) is 5.82 Å². The topological polar surface area (TPSA) is 67.6 Å². The number of anilines is 1. The summed E-state index contributed by atoms with van der Waals surface area (Å²) in [5.41, 5.74) is 0.692. The molecule has 2 aromatic rings. The summed E-state index contributed by atoms with van der Waals surface area (Å²) in [6.07, 6.45) is 6.02. The summed E-state index contributed by atoms with van der Waals surface area (Å²) in [5.74, 6) is 0.797. The minimum absolute atomic E-state index is 0.0407. The van der Waals surface area contributed by atoms with Gasteiger partial charge in [-0.15, -0.1) is 0 Å². The summed E-state index contributed by atoms with van der Waals surface area (Å²) in [4.78, 5) is 30.5. The second-order valence-electron chi connectivity index (χ2n) is 7.59. The minimum atomic E-state index is -0.340. The Morgan fingerprint density at radius 3 is 2.37 bits per heavy atom. The number of nitrogens with zero attached hydrogens (tertiary/aromatic N) is 4. The van der Waals surface area contributed by atoms with Crippen molar-refractivity contribution in [2.75, 3.05) is 5.01 Å². The molecule has 1 aliphatic heterocycles. The normalized spacial score (nSPS) is 16.9. The zero-order chi connectivity index (χ0) is 21.3. The van der Waals surface area contributed by atoms with Crippen LogP contribution in [0.4, 0.5) is 10.2 Å². The molecule has 30 heavy (non-hydrogen) atoms. The maximum absolute atomic E-state index is 13.4. The highest BCUT2D eigenvalue weighted by Crippen LogP contribution is 2.42. The lowest BCUT2D eigenvalue weighted by Crippen LogP contribution is -2.29. The average molecular weight is 429 g/mol. The summed E-state index contributed by atoms with van der Waals surface area (Å²) >= 11 is 1.32. The summed E-state index contributed by atoms with van der Waals surface area (Å²) in [6.45, 7) is 3.60. The Labute approximate surface area is 179 Å². The van der Waals surface area contributed by atoms with Crippen molar-refractivity contribution >= 4 is 34.4 Å². The summed E-state index contributed by atoms with van der Waals surface area (Å²) in [7, 11) is 0. The molecular formula is C22H25FN4O2S. The molecular weight excluding hydrogens is 403 g/mol. The van der Waals surface area contributed by atoms with Crippen LogP contribution in [0.2, 0.25) is 0 Å². The summed E-state index contributed by atoms with van der Waals surface area (Å²) in [5, 5.41) is 7.02. The zero-order valence-electron chi connectivity index (χ0n) is 17.2. The molecule has 0 spiro atoms. The predicted molar refractivity (Wildman–Crippen MR) is 116 cm³/mol. The summed E-state index contributed by atoms with van der Waals surface area (Å²) < 4.78 is 15.1. The van der Waals surface area contributed by atoms with Gasteiger partial charge in [0.25, 0.3) is 0 Å². The van der Waals surface area contributed by atoms with Crippen LogP contribution < -0.4 is 5.01 Å². The van der Waals surface area contributed by atoms with Crippen LogP contribution in [0.15, 0.2) is 34.4 Å². The molecule has 0 atom stereocenters. The molecule has 6 nitrogen and oxygen atoms in total. The van der Waals surface area contributed by atoms with E-state index in [4.69, 9.17) is 4.98 Å². The molecule has 0 unspecified atom stereocenters. The largest absolute Gasteiger partial charge is 0.274 e. The van der Waals surface area contributed by atoms with Crippen molar-refractivity contribution in [1.82, 2.24) is 9.55 Å². The van der Waals surface area contributed by atoms with Crippen molar-refractivity contribution < 1.29 is 14.0 Å². The van der Waals surface area contributed by atoms with Gasteiger partial charge in [-0.3, -0.25) is 14.2 Å². The Bertz CT molecular complexity index is 993. The van der Waals surface area contributed by atoms with E-state index in [1.54, 1.807) is 23.6 Å². The number of imidazole rings is 1. The number of carbonyl (C=O) groups is 2. The van der Waals surface area contributed by atoms with Crippen LogP contribution in [0.1, 0.15) is 80.9 Å². The molecule has 1 saturated carbocycles. The molecule has 1 fully saturated rings. The number of thioether (sulfide) groups is 1. The van der Waals surface area contributed by atoms with Gasteiger partial charge in [0.2, 0.25) is 11.8 Å². The lowest BCUT2D eigenvalue weighted by Gasteiger charge is -2.23. The Balaban J connectivity index is 1.84. The highest BCUT2D eigenvalue weighted by Gasteiger charge is 2.35. The highest BCUT2D eigenvalue weighted by molar-refractivity contribution is 8.14. The fraction of sp³-hybridized carbons (Fsp3) is 0.455. The molecule has 4 rings (SSSR count). The lowest BCUT2D eigenvalue weighted by atomic mass is 9.88. The van der Waals surface area contributed by atoms with Crippen molar-refractivity contribution in [1.29, 1.82) is 0 Å². The maximum atomic E-state index is 13.4. The Hall–Kier alpha value is -2.48. The Kier molecular flexibility index (Phi) is 6.04. The number of halogens is 1. The first-order valence-electron chi connectivity index (χ1n) is 10.5. The van der Waals surface area contributed by atoms with Crippen molar-refractivity contribution in [2.45, 2.75) is 69.7 Å². The van der Waals surface area contributed by atoms with Gasteiger partial charge in [0.05, 0.1) is 0 Å². The van der Waals surface area contributed by atoms with Crippen LogP contribution in [0.25, 0.3) is 0 Å². The van der Waals surface area contributed by atoms with Crippen molar-refractivity contribution in [3.05, 3.63) is 41.5 Å². The SMILES string of the molecule is CCC(=O)N1N=C(c2ccc(F)cc2)Sc2c1nc(C1CCCCC1)n2C(=O)CC. The van der Waals surface area contributed by atoms with Gasteiger partial charge in [-0.25, -0.2) is 9.37 Å². The van der Waals surface area contributed by atoms with E-state index in [1.165, 1.54) is 35.3 Å². The van der Waals surface area contributed by atoms with E-state index in [2.05, 4.69) is 5.10 Å². The number of fused-ring (bicyclic) bond motifs is 1. The zero-order valence-corrected chi connectivity index (χ0v) is 18.0. The molecule has 0 saturated heterocycles. The van der Waals surface area contributed by atoms with Gasteiger partial charge in [0.1, 0.15) is 21.7 Å². The molecule has 1 aromatic carbocycles. The van der Waals surface area contributed by atoms with Gasteiger partial charge < -0.3 is 0 Å². The van der Waals surface area contributed by atoms with Crippen LogP contribution in [0, 0.1) is 5.82 Å². The molecule has 8 heteroatoms. The van der Waals surface area contributed by atoms with Gasteiger partial charge in [0, 0.05) is 24.3 Å². The monoisotopic (exact) mass is 428 g/mol. The molecule has 0 radical (unpaired) electrons. The van der Waals surface area contributed by atoms with Crippen molar-refractivity contribution in [3.8, 4) is 0 Å². The van der Waals surface area contributed by atoms with E-state index in [1.807, 2.05) is 6.92 Å². The number of carbonyl (C=O) groups excluding carboxylic acids is 2. The number of rotatable bonds is 4. The second-order valence-corrected chi connectivity index (χ2v) is 8.57. The summed E-state index contributed by atoms with van der Waals surface area (Å²) in [6, 6.07) is 5.99. The van der Waals surface area contributed by atoms with Crippen molar-refractivity contribution in [3.63, 3.8) is 0 Å². The third-order valence-electron chi connectivity index (χ3n) is 5.58. The highest BCUT2D eigenvalue weighted by atomic mass is 32.2. The fourth-order valence-electron chi connectivity index (χ4n) is 3.96. The molecule has 0 N–H and O–H groups in total. The standard InChI is InChI=1S/C22H25FN4O2S/c1-3-17(28)26-19(14-8-6-5-7-9-14)24-20-22(26)30-21(25-27(20)18(29)4-2)15-10-12-16(23)13-11-15/h10-14H,3-9H2,1-2H3. The third-order valence-corrected chi connectivity index (χ3v) is 6.65. The van der Waals surface area contributed by atoms with Gasteiger partial charge in [-0.05, 0) is 48.9 Å². The van der Waals surface area contributed by atoms with Gasteiger partial charge in [-0.1, -0.05) is 33.1 Å². The van der Waals surface area contributed by atoms with E-state index in [0.717, 1.165) is 31.5 Å². The molecule has 1 aromatic heterocycles. The number of hydrogen-bond donors (Lipinski definition) is 0. The fourth-order valence-corrected chi connectivity index (χ4v) is 5.03.